The molecule has 5 nitrogen and oxygen atoms in total. The molecule has 0 amide bonds. The van der Waals surface area contributed by atoms with E-state index in [-0.39, 0.29) is 0 Å². The number of hydrogen-bond donors (Lipinski definition) is 2. The van der Waals surface area contributed by atoms with Crippen molar-refractivity contribution in [3.8, 4) is 0 Å². The van der Waals surface area contributed by atoms with Gasteiger partial charge in [0.05, 0.1) is 0 Å². The second-order valence-electron chi connectivity index (χ2n) is 5.48. The third-order valence-electron chi connectivity index (χ3n) is 3.78. The first-order valence-corrected chi connectivity index (χ1v) is 7.71. The maximum atomic E-state index is 4.61. The molecule has 1 heterocycles. The summed E-state index contributed by atoms with van der Waals surface area (Å²) >= 11 is 0. The Bertz CT molecular complexity index is 442. The van der Waals surface area contributed by atoms with Gasteiger partial charge in [0.2, 0.25) is 0 Å². The Morgan fingerprint density at radius 1 is 1.15 bits per heavy atom. The highest BCUT2D eigenvalue weighted by atomic mass is 15.2. The molecule has 1 fully saturated rings. The van der Waals surface area contributed by atoms with Gasteiger partial charge in [0.1, 0.15) is 17.5 Å². The van der Waals surface area contributed by atoms with Crippen molar-refractivity contribution in [1.29, 1.82) is 0 Å². The Labute approximate surface area is 122 Å². The van der Waals surface area contributed by atoms with Gasteiger partial charge in [0, 0.05) is 37.7 Å². The second-order valence-corrected chi connectivity index (χ2v) is 5.48. The standard InChI is InChI=1S/C15H27N5/c1-5-13-18-14(16-6-2)11(3)15(19-13)17-9-10-20(4)12-7-8-12/h12H,5-10H2,1-4H3,(H2,16,17,18,19). The quantitative estimate of drug-likeness (QED) is 0.763. The molecule has 1 saturated carbocycles. The molecule has 0 radical (unpaired) electrons. The number of nitrogens with one attached hydrogen (secondary N) is 2. The maximum Gasteiger partial charge on any atom is 0.134 e. The summed E-state index contributed by atoms with van der Waals surface area (Å²) in [6.07, 6.45) is 3.57. The van der Waals surface area contributed by atoms with Crippen molar-refractivity contribution in [2.75, 3.05) is 37.3 Å². The van der Waals surface area contributed by atoms with E-state index in [4.69, 9.17) is 0 Å². The first kappa shape index (κ1) is 15.0. The smallest absolute Gasteiger partial charge is 0.134 e. The van der Waals surface area contributed by atoms with Crippen molar-refractivity contribution in [2.45, 2.75) is 46.1 Å². The molecule has 5 heteroatoms. The van der Waals surface area contributed by atoms with E-state index in [9.17, 15) is 0 Å². The van der Waals surface area contributed by atoms with Gasteiger partial charge < -0.3 is 15.5 Å². The molecule has 0 bridgehead atoms. The summed E-state index contributed by atoms with van der Waals surface area (Å²) < 4.78 is 0. The minimum absolute atomic E-state index is 0.812. The molecule has 2 rings (SSSR count). The molecule has 0 aliphatic heterocycles. The van der Waals surface area contributed by atoms with Crippen LogP contribution in [0.5, 0.6) is 0 Å². The molecule has 0 saturated heterocycles. The zero-order chi connectivity index (χ0) is 14.5. The van der Waals surface area contributed by atoms with Gasteiger partial charge in [-0.3, -0.25) is 0 Å². The van der Waals surface area contributed by atoms with Gasteiger partial charge >= 0.3 is 0 Å². The lowest BCUT2D eigenvalue weighted by Crippen LogP contribution is -2.27. The highest BCUT2D eigenvalue weighted by Gasteiger charge is 2.25. The first-order chi connectivity index (χ1) is 9.65. The number of anilines is 2. The molecule has 0 aromatic carbocycles. The van der Waals surface area contributed by atoms with Gasteiger partial charge in [-0.15, -0.1) is 0 Å². The van der Waals surface area contributed by atoms with E-state index in [2.05, 4.69) is 53.3 Å². The van der Waals surface area contributed by atoms with Crippen LogP contribution in [0.4, 0.5) is 11.6 Å². The minimum Gasteiger partial charge on any atom is -0.370 e. The summed E-state index contributed by atoms with van der Waals surface area (Å²) in [7, 11) is 2.20. The van der Waals surface area contributed by atoms with Gasteiger partial charge in [0.25, 0.3) is 0 Å². The van der Waals surface area contributed by atoms with Gasteiger partial charge in [-0.2, -0.15) is 0 Å². The molecule has 1 aliphatic rings. The molecule has 2 N–H and O–H groups in total. The summed E-state index contributed by atoms with van der Waals surface area (Å²) in [6, 6.07) is 0.812. The van der Waals surface area contributed by atoms with Crippen molar-refractivity contribution in [3.63, 3.8) is 0 Å². The number of rotatable bonds is 8. The monoisotopic (exact) mass is 277 g/mol. The van der Waals surface area contributed by atoms with Gasteiger partial charge in [-0.1, -0.05) is 6.92 Å². The van der Waals surface area contributed by atoms with Crippen LogP contribution in [0.3, 0.4) is 0 Å². The zero-order valence-corrected chi connectivity index (χ0v) is 13.2. The van der Waals surface area contributed by atoms with Crippen molar-refractivity contribution < 1.29 is 0 Å². The third kappa shape index (κ3) is 3.82. The van der Waals surface area contributed by atoms with E-state index in [0.29, 0.717) is 0 Å². The molecule has 0 atom stereocenters. The van der Waals surface area contributed by atoms with Crippen LogP contribution in [0.15, 0.2) is 0 Å². The predicted molar refractivity (Wildman–Crippen MR) is 84.5 cm³/mol. The van der Waals surface area contributed by atoms with E-state index >= 15 is 0 Å². The lowest BCUT2D eigenvalue weighted by molar-refractivity contribution is 0.337. The van der Waals surface area contributed by atoms with Crippen molar-refractivity contribution in [2.24, 2.45) is 0 Å². The lowest BCUT2D eigenvalue weighted by Gasteiger charge is -2.18. The fraction of sp³-hybridized carbons (Fsp3) is 0.733. The molecule has 0 spiro atoms. The van der Waals surface area contributed by atoms with Crippen LogP contribution in [0.25, 0.3) is 0 Å². The Morgan fingerprint density at radius 3 is 2.35 bits per heavy atom. The van der Waals surface area contributed by atoms with E-state index in [1.54, 1.807) is 0 Å². The number of nitrogens with zero attached hydrogens (tertiary/aromatic N) is 3. The maximum absolute atomic E-state index is 4.61. The minimum atomic E-state index is 0.812. The van der Waals surface area contributed by atoms with Gasteiger partial charge in [-0.05, 0) is 33.7 Å². The Kier molecular flexibility index (Phi) is 5.17. The van der Waals surface area contributed by atoms with Crippen LogP contribution in [-0.4, -0.2) is 47.6 Å². The Balaban J connectivity index is 1.99. The molecule has 20 heavy (non-hydrogen) atoms. The molecule has 1 aromatic heterocycles. The summed E-state index contributed by atoms with van der Waals surface area (Å²) in [5, 5.41) is 6.78. The Morgan fingerprint density at radius 2 is 1.80 bits per heavy atom. The molecule has 1 aromatic rings. The fourth-order valence-corrected chi connectivity index (χ4v) is 2.28. The highest BCUT2D eigenvalue weighted by Crippen LogP contribution is 2.25. The highest BCUT2D eigenvalue weighted by molar-refractivity contribution is 5.57. The summed E-state index contributed by atoms with van der Waals surface area (Å²) in [6.45, 7) is 9.12. The number of aryl methyl sites for hydroxylation is 1. The summed E-state index contributed by atoms with van der Waals surface area (Å²) in [5.74, 6) is 2.82. The first-order valence-electron chi connectivity index (χ1n) is 7.71. The zero-order valence-electron chi connectivity index (χ0n) is 13.2. The molecule has 1 aliphatic carbocycles. The summed E-state index contributed by atoms with van der Waals surface area (Å²) in [4.78, 5) is 11.6. The third-order valence-corrected chi connectivity index (χ3v) is 3.78. The average Bonchev–Trinajstić information content (AvgIpc) is 3.27. The van der Waals surface area contributed by atoms with E-state index in [1.807, 2.05) is 0 Å². The van der Waals surface area contributed by atoms with Crippen molar-refractivity contribution in [1.82, 2.24) is 14.9 Å². The van der Waals surface area contributed by atoms with E-state index in [1.165, 1.54) is 12.8 Å². The Hall–Kier alpha value is -1.36. The summed E-state index contributed by atoms with van der Waals surface area (Å²) in [5.41, 5.74) is 1.11. The van der Waals surface area contributed by atoms with Crippen LogP contribution in [0, 0.1) is 6.92 Å². The fourth-order valence-electron chi connectivity index (χ4n) is 2.28. The molecular formula is C15H27N5. The van der Waals surface area contributed by atoms with Crippen LogP contribution in [0.2, 0.25) is 0 Å². The van der Waals surface area contributed by atoms with Crippen molar-refractivity contribution in [3.05, 3.63) is 11.4 Å². The molecule has 0 unspecified atom stereocenters. The SMILES string of the molecule is CCNc1nc(CC)nc(NCCN(C)C2CC2)c1C. The van der Waals surface area contributed by atoms with Gasteiger partial charge in [-0.25, -0.2) is 9.97 Å². The van der Waals surface area contributed by atoms with E-state index < -0.39 is 0 Å². The predicted octanol–water partition coefficient (Wildman–Crippen LogP) is 2.29. The topological polar surface area (TPSA) is 53.1 Å². The van der Waals surface area contributed by atoms with Crippen molar-refractivity contribution >= 4 is 11.6 Å². The number of likely N-dealkylation sites (N-methyl/N-ethyl adjacent to an activating group) is 1. The van der Waals surface area contributed by atoms with Gasteiger partial charge in [0.15, 0.2) is 0 Å². The normalized spacial score (nSPS) is 14.7. The lowest BCUT2D eigenvalue weighted by atomic mass is 10.3. The molecular weight excluding hydrogens is 250 g/mol. The van der Waals surface area contributed by atoms with Crippen LogP contribution in [-0.2, 0) is 6.42 Å². The van der Waals surface area contributed by atoms with Crippen LogP contribution >= 0.6 is 0 Å². The second kappa shape index (κ2) is 6.88. The van der Waals surface area contributed by atoms with Crippen LogP contribution < -0.4 is 10.6 Å². The largest absolute Gasteiger partial charge is 0.370 e. The number of aromatic nitrogens is 2. The number of hydrogen-bond acceptors (Lipinski definition) is 5. The molecule has 112 valence electrons. The van der Waals surface area contributed by atoms with E-state index in [0.717, 1.165) is 55.1 Å². The van der Waals surface area contributed by atoms with Crippen LogP contribution in [0.1, 0.15) is 38.1 Å². The average molecular weight is 277 g/mol.